The van der Waals surface area contributed by atoms with Gasteiger partial charge in [-0.15, -0.1) is 10.2 Å². The zero-order valence-electron chi connectivity index (χ0n) is 10.3. The summed E-state index contributed by atoms with van der Waals surface area (Å²) < 4.78 is 7.34. The Kier molecular flexibility index (Phi) is 2.74. The number of hydrogen-bond donors (Lipinski definition) is 0. The highest BCUT2D eigenvalue weighted by Gasteiger charge is 2.30. The van der Waals surface area contributed by atoms with Gasteiger partial charge >= 0.3 is 0 Å². The number of carbonyl (C=O) groups is 1. The molecule has 2 aromatic heterocycles. The number of aromatic nitrogens is 3. The summed E-state index contributed by atoms with van der Waals surface area (Å²) in [5.74, 6) is 1.74. The van der Waals surface area contributed by atoms with E-state index in [0.717, 1.165) is 24.8 Å². The van der Waals surface area contributed by atoms with Crippen LogP contribution in [0.25, 0.3) is 0 Å². The Balaban J connectivity index is 1.71. The molecule has 0 saturated heterocycles. The monoisotopic (exact) mass is 245 g/mol. The molecule has 1 aliphatic carbocycles. The van der Waals surface area contributed by atoms with Gasteiger partial charge < -0.3 is 8.98 Å². The highest BCUT2D eigenvalue weighted by atomic mass is 16.4. The van der Waals surface area contributed by atoms with Crippen LogP contribution in [0.5, 0.6) is 0 Å². The van der Waals surface area contributed by atoms with Crippen LogP contribution in [0, 0.1) is 5.92 Å². The first-order chi connectivity index (χ1) is 8.76. The Morgan fingerprint density at radius 2 is 2.22 bits per heavy atom. The van der Waals surface area contributed by atoms with Gasteiger partial charge in [-0.05, 0) is 18.9 Å². The second-order valence-corrected chi connectivity index (χ2v) is 4.65. The Morgan fingerprint density at radius 1 is 1.44 bits per heavy atom. The van der Waals surface area contributed by atoms with Crippen molar-refractivity contribution in [2.45, 2.75) is 32.7 Å². The van der Waals surface area contributed by atoms with E-state index >= 15 is 0 Å². The second kappa shape index (κ2) is 4.40. The van der Waals surface area contributed by atoms with Crippen molar-refractivity contribution in [1.29, 1.82) is 0 Å². The molecule has 5 nitrogen and oxygen atoms in total. The van der Waals surface area contributed by atoms with Crippen molar-refractivity contribution in [3.05, 3.63) is 35.8 Å². The maximum Gasteiger partial charge on any atom is 0.236 e. The van der Waals surface area contributed by atoms with Crippen molar-refractivity contribution in [3.63, 3.8) is 0 Å². The molecule has 0 radical (unpaired) electrons. The van der Waals surface area contributed by atoms with Gasteiger partial charge in [0.25, 0.3) is 0 Å². The van der Waals surface area contributed by atoms with Gasteiger partial charge in [0.1, 0.15) is 6.54 Å². The van der Waals surface area contributed by atoms with E-state index < -0.39 is 0 Å². The molecule has 1 aliphatic rings. The molecule has 94 valence electrons. The van der Waals surface area contributed by atoms with Crippen molar-refractivity contribution >= 4 is 5.78 Å². The first-order valence-electron chi connectivity index (χ1n) is 6.27. The molecule has 5 heteroatoms. The summed E-state index contributed by atoms with van der Waals surface area (Å²) in [4.78, 5) is 11.9. The van der Waals surface area contributed by atoms with E-state index in [9.17, 15) is 4.79 Å². The van der Waals surface area contributed by atoms with Crippen LogP contribution in [0.4, 0.5) is 0 Å². The number of hydrogen-bond acceptors (Lipinski definition) is 4. The molecule has 3 rings (SSSR count). The Hall–Kier alpha value is -1.91. The molecule has 0 atom stereocenters. The fourth-order valence-corrected chi connectivity index (χ4v) is 1.92. The molecule has 0 spiro atoms. The smallest absolute Gasteiger partial charge is 0.236 e. The third-order valence-electron chi connectivity index (χ3n) is 3.11. The van der Waals surface area contributed by atoms with Crippen LogP contribution >= 0.6 is 0 Å². The predicted molar refractivity (Wildman–Crippen MR) is 64.3 cm³/mol. The number of carbonyl (C=O) groups excluding carboxylic acids is 1. The van der Waals surface area contributed by atoms with Gasteiger partial charge in [0.15, 0.2) is 5.78 Å². The van der Waals surface area contributed by atoms with Gasteiger partial charge in [-0.2, -0.15) is 0 Å². The summed E-state index contributed by atoms with van der Waals surface area (Å²) in [7, 11) is 0. The Labute approximate surface area is 105 Å². The Morgan fingerprint density at radius 3 is 2.89 bits per heavy atom. The molecule has 0 unspecified atom stereocenters. The number of ketones is 1. The van der Waals surface area contributed by atoms with E-state index in [4.69, 9.17) is 4.42 Å². The minimum Gasteiger partial charge on any atom is -0.423 e. The van der Waals surface area contributed by atoms with Crippen LogP contribution in [-0.2, 0) is 13.0 Å². The first kappa shape index (κ1) is 11.2. The summed E-state index contributed by atoms with van der Waals surface area (Å²) in [5, 5.41) is 7.88. The number of nitrogens with zero attached hydrogens (tertiary/aromatic N) is 3. The third-order valence-corrected chi connectivity index (χ3v) is 3.11. The lowest BCUT2D eigenvalue weighted by atomic mass is 10.1. The average molecular weight is 245 g/mol. The van der Waals surface area contributed by atoms with Crippen molar-refractivity contribution < 1.29 is 9.21 Å². The molecular weight excluding hydrogens is 230 g/mol. The van der Waals surface area contributed by atoms with Gasteiger partial charge in [0, 0.05) is 30.3 Å². The molecule has 0 bridgehead atoms. The second-order valence-electron chi connectivity index (χ2n) is 4.65. The van der Waals surface area contributed by atoms with E-state index in [1.165, 1.54) is 0 Å². The van der Waals surface area contributed by atoms with E-state index in [2.05, 4.69) is 10.2 Å². The molecule has 1 fully saturated rings. The molecular formula is C13H15N3O2. The van der Waals surface area contributed by atoms with Gasteiger partial charge in [0.2, 0.25) is 11.8 Å². The van der Waals surface area contributed by atoms with Crippen LogP contribution < -0.4 is 0 Å². The molecule has 1 saturated carbocycles. The summed E-state index contributed by atoms with van der Waals surface area (Å²) >= 11 is 0. The molecule has 2 aromatic rings. The minimum absolute atomic E-state index is 0.258. The number of Topliss-reactive ketones (excluding diaryl/α,β-unsaturated/α-hetero) is 1. The average Bonchev–Trinajstić information content (AvgIpc) is 2.96. The van der Waals surface area contributed by atoms with E-state index in [1.807, 2.05) is 30.0 Å². The van der Waals surface area contributed by atoms with Crippen LogP contribution in [0.15, 0.2) is 22.9 Å². The van der Waals surface area contributed by atoms with Gasteiger partial charge in [-0.3, -0.25) is 4.79 Å². The zero-order chi connectivity index (χ0) is 12.5. The topological polar surface area (TPSA) is 60.9 Å². The highest BCUT2D eigenvalue weighted by molar-refractivity contribution is 5.99. The number of rotatable bonds is 5. The maximum absolute atomic E-state index is 11.9. The molecule has 0 amide bonds. The van der Waals surface area contributed by atoms with Gasteiger partial charge in [-0.1, -0.05) is 6.92 Å². The van der Waals surface area contributed by atoms with Crippen LogP contribution in [0.3, 0.4) is 0 Å². The fourth-order valence-electron chi connectivity index (χ4n) is 1.92. The third kappa shape index (κ3) is 2.20. The van der Waals surface area contributed by atoms with E-state index in [0.29, 0.717) is 18.3 Å². The predicted octanol–water partition coefficient (Wildman–Crippen LogP) is 2.07. The van der Waals surface area contributed by atoms with Crippen LogP contribution in [0.1, 0.15) is 41.9 Å². The Bertz CT molecular complexity index is 566. The van der Waals surface area contributed by atoms with Gasteiger partial charge in [-0.25, -0.2) is 0 Å². The molecule has 0 aliphatic heterocycles. The summed E-state index contributed by atoms with van der Waals surface area (Å²) in [6, 6.07) is 1.86. The van der Waals surface area contributed by atoms with E-state index in [1.54, 1.807) is 0 Å². The molecule has 0 aromatic carbocycles. The fraction of sp³-hybridized carbons (Fsp3) is 0.462. The van der Waals surface area contributed by atoms with Crippen molar-refractivity contribution in [2.75, 3.05) is 0 Å². The van der Waals surface area contributed by atoms with Crippen molar-refractivity contribution in [3.8, 4) is 0 Å². The lowest BCUT2D eigenvalue weighted by Crippen LogP contribution is -2.01. The van der Waals surface area contributed by atoms with E-state index in [-0.39, 0.29) is 11.7 Å². The van der Waals surface area contributed by atoms with Crippen LogP contribution in [-0.4, -0.2) is 20.5 Å². The molecule has 18 heavy (non-hydrogen) atoms. The summed E-state index contributed by atoms with van der Waals surface area (Å²) in [6.45, 7) is 2.49. The van der Waals surface area contributed by atoms with Gasteiger partial charge in [0.05, 0.1) is 0 Å². The standard InChI is InChI=1S/C13H15N3O2/c1-2-11-14-15-12(18-11)8-16-6-5-10(7-16)13(17)9-3-4-9/h5-7,9H,2-4,8H2,1H3. The quantitative estimate of drug-likeness (QED) is 0.756. The molecule has 2 heterocycles. The van der Waals surface area contributed by atoms with Crippen molar-refractivity contribution in [2.24, 2.45) is 5.92 Å². The number of aryl methyl sites for hydroxylation is 1. The summed E-state index contributed by atoms with van der Waals surface area (Å²) in [5.41, 5.74) is 0.785. The largest absolute Gasteiger partial charge is 0.423 e. The first-order valence-corrected chi connectivity index (χ1v) is 6.27. The van der Waals surface area contributed by atoms with Crippen molar-refractivity contribution in [1.82, 2.24) is 14.8 Å². The normalized spacial score (nSPS) is 14.9. The zero-order valence-corrected chi connectivity index (χ0v) is 10.3. The minimum atomic E-state index is 0.258. The van der Waals surface area contributed by atoms with Crippen LogP contribution in [0.2, 0.25) is 0 Å². The SMILES string of the molecule is CCc1nnc(Cn2ccc(C(=O)C3CC3)c2)o1. The lowest BCUT2D eigenvalue weighted by molar-refractivity contribution is 0.0967. The maximum atomic E-state index is 11.9. The highest BCUT2D eigenvalue weighted by Crippen LogP contribution is 2.32. The lowest BCUT2D eigenvalue weighted by Gasteiger charge is -1.97. The molecule has 0 N–H and O–H groups in total. The summed E-state index contributed by atoms with van der Waals surface area (Å²) in [6.07, 6.45) is 6.55.